The molecule has 2 rings (SSSR count). The van der Waals surface area contributed by atoms with E-state index in [1.165, 1.54) is 0 Å². The number of ketones is 1. The Kier molecular flexibility index (Phi) is 2.01. The SMILES string of the molecule is C=CC1CC[C@@H]2C(=O)CO[C@@H]2C1. The van der Waals surface area contributed by atoms with Gasteiger partial charge in [-0.2, -0.15) is 0 Å². The number of hydrogen-bond donors (Lipinski definition) is 0. The molecule has 2 nitrogen and oxygen atoms in total. The second-order valence-electron chi connectivity index (χ2n) is 3.73. The fourth-order valence-electron chi connectivity index (χ4n) is 2.22. The van der Waals surface area contributed by atoms with Gasteiger partial charge in [-0.05, 0) is 25.2 Å². The Bertz CT molecular complexity index is 210. The lowest BCUT2D eigenvalue weighted by Crippen LogP contribution is -2.28. The summed E-state index contributed by atoms with van der Waals surface area (Å²) in [6.45, 7) is 4.12. The summed E-state index contributed by atoms with van der Waals surface area (Å²) in [7, 11) is 0. The average molecular weight is 166 g/mol. The van der Waals surface area contributed by atoms with E-state index in [9.17, 15) is 4.79 Å². The molecule has 0 spiro atoms. The Morgan fingerprint density at radius 2 is 2.33 bits per heavy atom. The first-order valence-corrected chi connectivity index (χ1v) is 4.58. The highest BCUT2D eigenvalue weighted by Gasteiger charge is 2.39. The molecule has 0 aromatic carbocycles. The first-order valence-electron chi connectivity index (χ1n) is 4.58. The van der Waals surface area contributed by atoms with Gasteiger partial charge in [0.2, 0.25) is 0 Å². The fraction of sp³-hybridized carbons (Fsp3) is 0.700. The van der Waals surface area contributed by atoms with Crippen LogP contribution >= 0.6 is 0 Å². The van der Waals surface area contributed by atoms with Crippen LogP contribution in [0, 0.1) is 11.8 Å². The quantitative estimate of drug-likeness (QED) is 0.552. The van der Waals surface area contributed by atoms with Crippen LogP contribution in [-0.2, 0) is 9.53 Å². The Hall–Kier alpha value is -0.630. The minimum atomic E-state index is 0.203. The molecule has 1 heterocycles. The predicted octanol–water partition coefficient (Wildman–Crippen LogP) is 1.56. The van der Waals surface area contributed by atoms with Crippen molar-refractivity contribution in [1.29, 1.82) is 0 Å². The van der Waals surface area contributed by atoms with Crippen LogP contribution in [0.2, 0.25) is 0 Å². The lowest BCUT2D eigenvalue weighted by Gasteiger charge is -2.27. The van der Waals surface area contributed by atoms with Gasteiger partial charge in [0.05, 0.1) is 6.10 Å². The second kappa shape index (κ2) is 3.02. The van der Waals surface area contributed by atoms with Gasteiger partial charge in [0.15, 0.2) is 5.78 Å². The van der Waals surface area contributed by atoms with E-state index in [0.29, 0.717) is 18.3 Å². The highest BCUT2D eigenvalue weighted by atomic mass is 16.5. The topological polar surface area (TPSA) is 26.3 Å². The third-order valence-corrected chi connectivity index (χ3v) is 3.02. The molecule has 1 saturated heterocycles. The number of carbonyl (C=O) groups is 1. The molecule has 0 radical (unpaired) electrons. The zero-order valence-corrected chi connectivity index (χ0v) is 7.16. The van der Waals surface area contributed by atoms with E-state index in [-0.39, 0.29) is 12.0 Å². The van der Waals surface area contributed by atoms with Crippen LogP contribution in [0.5, 0.6) is 0 Å². The van der Waals surface area contributed by atoms with Crippen LogP contribution in [0.1, 0.15) is 19.3 Å². The van der Waals surface area contributed by atoms with Crippen LogP contribution in [0.15, 0.2) is 12.7 Å². The van der Waals surface area contributed by atoms with E-state index < -0.39 is 0 Å². The van der Waals surface area contributed by atoms with Crippen LogP contribution in [0.25, 0.3) is 0 Å². The number of ether oxygens (including phenoxy) is 1. The summed E-state index contributed by atoms with van der Waals surface area (Å²) in [6.07, 6.45) is 5.30. The Balaban J connectivity index is 2.03. The number of allylic oxidation sites excluding steroid dienone is 1. The largest absolute Gasteiger partial charge is 0.370 e. The zero-order valence-electron chi connectivity index (χ0n) is 7.16. The molecule has 2 aliphatic rings. The van der Waals surface area contributed by atoms with E-state index in [1.807, 2.05) is 6.08 Å². The van der Waals surface area contributed by atoms with Crippen LogP contribution in [0.4, 0.5) is 0 Å². The average Bonchev–Trinajstić information content (AvgIpc) is 2.47. The summed E-state index contributed by atoms with van der Waals surface area (Å²) in [5.74, 6) is 1.08. The normalized spacial score (nSPS) is 41.0. The van der Waals surface area contributed by atoms with Gasteiger partial charge in [-0.15, -0.1) is 6.58 Å². The molecule has 12 heavy (non-hydrogen) atoms. The van der Waals surface area contributed by atoms with E-state index in [1.54, 1.807) is 0 Å². The molecule has 1 unspecified atom stereocenters. The van der Waals surface area contributed by atoms with Gasteiger partial charge in [-0.25, -0.2) is 0 Å². The van der Waals surface area contributed by atoms with E-state index in [2.05, 4.69) is 6.58 Å². The highest BCUT2D eigenvalue weighted by molar-refractivity contribution is 5.84. The molecular weight excluding hydrogens is 152 g/mol. The molecule has 1 aliphatic heterocycles. The maximum absolute atomic E-state index is 11.3. The van der Waals surface area contributed by atoms with Crippen molar-refractivity contribution in [3.63, 3.8) is 0 Å². The molecular formula is C10H14O2. The van der Waals surface area contributed by atoms with Gasteiger partial charge < -0.3 is 4.74 Å². The van der Waals surface area contributed by atoms with E-state index in [0.717, 1.165) is 19.3 Å². The minimum absolute atomic E-state index is 0.203. The summed E-state index contributed by atoms with van der Waals surface area (Å²) in [6, 6.07) is 0. The van der Waals surface area contributed by atoms with Gasteiger partial charge in [-0.1, -0.05) is 6.08 Å². The van der Waals surface area contributed by atoms with Crippen molar-refractivity contribution >= 4 is 5.78 Å². The maximum atomic E-state index is 11.3. The van der Waals surface area contributed by atoms with Crippen LogP contribution in [-0.4, -0.2) is 18.5 Å². The molecule has 2 heteroatoms. The summed E-state index contributed by atoms with van der Waals surface area (Å²) < 4.78 is 5.40. The van der Waals surface area contributed by atoms with Crippen molar-refractivity contribution in [3.8, 4) is 0 Å². The Morgan fingerprint density at radius 1 is 1.50 bits per heavy atom. The Labute approximate surface area is 72.6 Å². The fourth-order valence-corrected chi connectivity index (χ4v) is 2.22. The highest BCUT2D eigenvalue weighted by Crippen LogP contribution is 2.35. The lowest BCUT2D eigenvalue weighted by atomic mass is 9.79. The summed E-state index contributed by atoms with van der Waals surface area (Å²) in [5, 5.41) is 0. The zero-order chi connectivity index (χ0) is 8.55. The van der Waals surface area contributed by atoms with Gasteiger partial charge >= 0.3 is 0 Å². The number of rotatable bonds is 1. The number of carbonyl (C=O) groups excluding carboxylic acids is 1. The molecule has 2 fully saturated rings. The van der Waals surface area contributed by atoms with Crippen molar-refractivity contribution < 1.29 is 9.53 Å². The summed E-state index contributed by atoms with van der Waals surface area (Å²) in [4.78, 5) is 11.3. The third kappa shape index (κ3) is 1.20. The van der Waals surface area contributed by atoms with Crippen molar-refractivity contribution in [3.05, 3.63) is 12.7 Å². The third-order valence-electron chi connectivity index (χ3n) is 3.02. The lowest BCUT2D eigenvalue weighted by molar-refractivity contribution is -0.120. The van der Waals surface area contributed by atoms with Crippen molar-refractivity contribution in [2.24, 2.45) is 11.8 Å². The minimum Gasteiger partial charge on any atom is -0.370 e. The summed E-state index contributed by atoms with van der Waals surface area (Å²) in [5.41, 5.74) is 0. The second-order valence-corrected chi connectivity index (χ2v) is 3.73. The first-order chi connectivity index (χ1) is 5.81. The van der Waals surface area contributed by atoms with Crippen molar-refractivity contribution in [1.82, 2.24) is 0 Å². The molecule has 1 saturated carbocycles. The van der Waals surface area contributed by atoms with Crippen LogP contribution < -0.4 is 0 Å². The van der Waals surface area contributed by atoms with Gasteiger partial charge in [0.1, 0.15) is 6.61 Å². The number of hydrogen-bond acceptors (Lipinski definition) is 2. The first kappa shape index (κ1) is 7.99. The molecule has 0 amide bonds. The molecule has 3 atom stereocenters. The number of Topliss-reactive ketones (excluding diaryl/α,β-unsaturated/α-hetero) is 1. The van der Waals surface area contributed by atoms with Gasteiger partial charge in [0, 0.05) is 5.92 Å². The van der Waals surface area contributed by atoms with E-state index in [4.69, 9.17) is 4.74 Å². The monoisotopic (exact) mass is 166 g/mol. The molecule has 0 N–H and O–H groups in total. The van der Waals surface area contributed by atoms with Crippen molar-refractivity contribution in [2.45, 2.75) is 25.4 Å². The van der Waals surface area contributed by atoms with Crippen molar-refractivity contribution in [2.75, 3.05) is 6.61 Å². The van der Waals surface area contributed by atoms with Gasteiger partial charge in [0.25, 0.3) is 0 Å². The molecule has 1 aliphatic carbocycles. The number of fused-ring (bicyclic) bond motifs is 1. The smallest absolute Gasteiger partial charge is 0.164 e. The summed E-state index contributed by atoms with van der Waals surface area (Å²) >= 11 is 0. The standard InChI is InChI=1S/C10H14O2/c1-2-7-3-4-8-9(11)6-12-10(8)5-7/h2,7-8,10H,1,3-6H2/t7?,8-,10-/m1/s1. The molecule has 0 aromatic rings. The predicted molar refractivity (Wildman–Crippen MR) is 45.8 cm³/mol. The Morgan fingerprint density at radius 3 is 3.08 bits per heavy atom. The van der Waals surface area contributed by atoms with Crippen LogP contribution in [0.3, 0.4) is 0 Å². The molecule has 0 bridgehead atoms. The van der Waals surface area contributed by atoms with Gasteiger partial charge in [-0.3, -0.25) is 4.79 Å². The maximum Gasteiger partial charge on any atom is 0.164 e. The molecule has 0 aromatic heterocycles. The van der Waals surface area contributed by atoms with E-state index >= 15 is 0 Å². The molecule has 66 valence electrons.